The average Bonchev–Trinajstić information content (AvgIpc) is 3.00. The maximum Gasteiger partial charge on any atom is 0.303 e. The predicted octanol–water partition coefficient (Wildman–Crippen LogP) is 3.31. The number of thioether (sulfide) groups is 1. The molecule has 1 saturated carbocycles. The fourth-order valence-corrected chi connectivity index (χ4v) is 3.24. The van der Waals surface area contributed by atoms with Crippen LogP contribution in [0.1, 0.15) is 24.8 Å². The minimum Gasteiger partial charge on any atom is -0.481 e. The Labute approximate surface area is 104 Å². The molecule has 1 aromatic rings. The highest BCUT2D eigenvalue weighted by Crippen LogP contribution is 2.51. The Hall–Kier alpha value is -1.03. The van der Waals surface area contributed by atoms with Gasteiger partial charge in [-0.15, -0.1) is 0 Å². The fourth-order valence-electron chi connectivity index (χ4n) is 1.86. The summed E-state index contributed by atoms with van der Waals surface area (Å²) in [4.78, 5) is 10.7. The van der Waals surface area contributed by atoms with Gasteiger partial charge in [-0.3, -0.25) is 4.79 Å². The Balaban J connectivity index is 1.80. The molecule has 92 valence electrons. The van der Waals surface area contributed by atoms with E-state index in [0.717, 1.165) is 18.6 Å². The van der Waals surface area contributed by atoms with Gasteiger partial charge in [0.15, 0.2) is 0 Å². The number of aliphatic carboxylic acids is 1. The summed E-state index contributed by atoms with van der Waals surface area (Å²) in [5, 5.41) is 8.78. The molecule has 17 heavy (non-hydrogen) atoms. The Morgan fingerprint density at radius 3 is 2.71 bits per heavy atom. The molecule has 0 heterocycles. The topological polar surface area (TPSA) is 37.3 Å². The number of carboxylic acids is 1. The summed E-state index contributed by atoms with van der Waals surface area (Å²) < 4.78 is 13.3. The molecule has 2 nitrogen and oxygen atoms in total. The summed E-state index contributed by atoms with van der Waals surface area (Å²) in [5.74, 6) is 0.527. The van der Waals surface area contributed by atoms with Crippen molar-refractivity contribution < 1.29 is 14.3 Å². The molecule has 1 aliphatic rings. The first kappa shape index (κ1) is 12.4. The highest BCUT2D eigenvalue weighted by atomic mass is 32.2. The van der Waals surface area contributed by atoms with Crippen LogP contribution < -0.4 is 0 Å². The lowest BCUT2D eigenvalue weighted by Crippen LogP contribution is -2.11. The third kappa shape index (κ3) is 3.46. The summed E-state index contributed by atoms with van der Waals surface area (Å²) in [6.45, 7) is 0. The number of hydrogen-bond acceptors (Lipinski definition) is 2. The summed E-state index contributed by atoms with van der Waals surface area (Å²) >= 11 is 1.63. The molecule has 0 saturated heterocycles. The molecule has 0 bridgehead atoms. The predicted molar refractivity (Wildman–Crippen MR) is 66.5 cm³/mol. The molecule has 1 N–H and O–H groups in total. The van der Waals surface area contributed by atoms with Gasteiger partial charge in [0.05, 0.1) is 6.42 Å². The zero-order valence-corrected chi connectivity index (χ0v) is 10.3. The molecule has 0 amide bonds. The Morgan fingerprint density at radius 2 is 2.12 bits per heavy atom. The van der Waals surface area contributed by atoms with Crippen LogP contribution in [0.15, 0.2) is 24.3 Å². The first-order chi connectivity index (χ1) is 8.11. The molecular formula is C13H15FO2S. The van der Waals surface area contributed by atoms with E-state index in [2.05, 4.69) is 0 Å². The van der Waals surface area contributed by atoms with Gasteiger partial charge in [-0.05, 0) is 35.6 Å². The van der Waals surface area contributed by atoms with E-state index >= 15 is 0 Å². The van der Waals surface area contributed by atoms with Crippen LogP contribution in [0.25, 0.3) is 0 Å². The van der Waals surface area contributed by atoms with Gasteiger partial charge < -0.3 is 5.11 Å². The number of carboxylic acid groups (broad SMARTS) is 1. The molecule has 0 aromatic heterocycles. The molecule has 4 heteroatoms. The lowest BCUT2D eigenvalue weighted by Gasteiger charge is -2.11. The van der Waals surface area contributed by atoms with E-state index in [1.807, 2.05) is 6.07 Å². The molecule has 1 aliphatic carbocycles. The SMILES string of the molecule is O=C(O)CC1(CSCc2ccccc2F)CC1. The third-order valence-electron chi connectivity index (χ3n) is 3.11. The molecule has 0 atom stereocenters. The van der Waals surface area contributed by atoms with Crippen molar-refractivity contribution >= 4 is 17.7 Å². The van der Waals surface area contributed by atoms with Gasteiger partial charge in [0, 0.05) is 5.75 Å². The number of benzene rings is 1. The van der Waals surface area contributed by atoms with Crippen molar-refractivity contribution in [2.75, 3.05) is 5.75 Å². The molecule has 0 radical (unpaired) electrons. The second-order valence-electron chi connectivity index (χ2n) is 4.65. The first-order valence-electron chi connectivity index (χ1n) is 5.64. The van der Waals surface area contributed by atoms with E-state index < -0.39 is 5.97 Å². The molecule has 0 spiro atoms. The van der Waals surface area contributed by atoms with Crippen LogP contribution in [0.2, 0.25) is 0 Å². The summed E-state index contributed by atoms with van der Waals surface area (Å²) in [7, 11) is 0. The number of carbonyl (C=O) groups is 1. The summed E-state index contributed by atoms with van der Waals surface area (Å²) in [5.41, 5.74) is 0.686. The van der Waals surface area contributed by atoms with Crippen LogP contribution >= 0.6 is 11.8 Å². The maximum atomic E-state index is 13.3. The van der Waals surface area contributed by atoms with Crippen molar-refractivity contribution in [2.45, 2.75) is 25.0 Å². The standard InChI is InChI=1S/C13H15FO2S/c14-11-4-2-1-3-10(11)8-17-9-13(5-6-13)7-12(15)16/h1-4H,5-9H2,(H,15,16). The van der Waals surface area contributed by atoms with Gasteiger partial charge in [0.1, 0.15) is 5.82 Å². The molecular weight excluding hydrogens is 239 g/mol. The number of halogens is 1. The zero-order valence-electron chi connectivity index (χ0n) is 9.49. The van der Waals surface area contributed by atoms with Crippen molar-refractivity contribution in [1.29, 1.82) is 0 Å². The van der Waals surface area contributed by atoms with Crippen molar-refractivity contribution in [1.82, 2.24) is 0 Å². The minimum atomic E-state index is -0.728. The normalized spacial score (nSPS) is 16.8. The Kier molecular flexibility index (Phi) is 3.72. The maximum absolute atomic E-state index is 13.3. The highest BCUT2D eigenvalue weighted by Gasteiger charge is 2.43. The first-order valence-corrected chi connectivity index (χ1v) is 6.80. The van der Waals surface area contributed by atoms with Crippen molar-refractivity contribution in [3.63, 3.8) is 0 Å². The van der Waals surface area contributed by atoms with E-state index in [1.54, 1.807) is 23.9 Å². The number of hydrogen-bond donors (Lipinski definition) is 1. The lowest BCUT2D eigenvalue weighted by molar-refractivity contribution is -0.138. The van der Waals surface area contributed by atoms with Crippen LogP contribution in [0.3, 0.4) is 0 Å². The van der Waals surface area contributed by atoms with Crippen LogP contribution in [-0.4, -0.2) is 16.8 Å². The number of rotatable bonds is 6. The van der Waals surface area contributed by atoms with Crippen LogP contribution in [0.5, 0.6) is 0 Å². The zero-order chi connectivity index (χ0) is 12.3. The fraction of sp³-hybridized carbons (Fsp3) is 0.462. The van der Waals surface area contributed by atoms with Gasteiger partial charge in [0.25, 0.3) is 0 Å². The van der Waals surface area contributed by atoms with Crippen LogP contribution in [-0.2, 0) is 10.5 Å². The van der Waals surface area contributed by atoms with E-state index in [4.69, 9.17) is 5.11 Å². The van der Waals surface area contributed by atoms with Crippen LogP contribution in [0.4, 0.5) is 4.39 Å². The minimum absolute atomic E-state index is 0.0121. The average molecular weight is 254 g/mol. The molecule has 1 fully saturated rings. The Bertz CT molecular complexity index is 416. The molecule has 0 aliphatic heterocycles. The highest BCUT2D eigenvalue weighted by molar-refractivity contribution is 7.98. The largest absolute Gasteiger partial charge is 0.481 e. The second-order valence-corrected chi connectivity index (χ2v) is 5.64. The second kappa shape index (κ2) is 5.08. The van der Waals surface area contributed by atoms with Gasteiger partial charge in [-0.25, -0.2) is 4.39 Å². The van der Waals surface area contributed by atoms with E-state index in [-0.39, 0.29) is 17.7 Å². The van der Waals surface area contributed by atoms with Crippen molar-refractivity contribution in [3.8, 4) is 0 Å². The van der Waals surface area contributed by atoms with E-state index in [9.17, 15) is 9.18 Å². The van der Waals surface area contributed by atoms with E-state index in [0.29, 0.717) is 11.3 Å². The smallest absolute Gasteiger partial charge is 0.303 e. The van der Waals surface area contributed by atoms with Gasteiger partial charge in [0.2, 0.25) is 0 Å². The quantitative estimate of drug-likeness (QED) is 0.846. The van der Waals surface area contributed by atoms with Gasteiger partial charge in [-0.1, -0.05) is 18.2 Å². The molecule has 1 aromatic carbocycles. The monoisotopic (exact) mass is 254 g/mol. The van der Waals surface area contributed by atoms with Gasteiger partial charge >= 0.3 is 5.97 Å². The van der Waals surface area contributed by atoms with Crippen molar-refractivity contribution in [2.24, 2.45) is 5.41 Å². The van der Waals surface area contributed by atoms with E-state index in [1.165, 1.54) is 6.07 Å². The van der Waals surface area contributed by atoms with Crippen LogP contribution in [0, 0.1) is 11.2 Å². The summed E-state index contributed by atoms with van der Waals surface area (Å²) in [6, 6.07) is 6.73. The van der Waals surface area contributed by atoms with Crippen molar-refractivity contribution in [3.05, 3.63) is 35.6 Å². The Morgan fingerprint density at radius 1 is 1.41 bits per heavy atom. The summed E-state index contributed by atoms with van der Waals surface area (Å²) in [6.07, 6.45) is 2.23. The molecule has 0 unspecified atom stereocenters. The van der Waals surface area contributed by atoms with Gasteiger partial charge in [-0.2, -0.15) is 11.8 Å². The third-order valence-corrected chi connectivity index (χ3v) is 4.44. The molecule has 2 rings (SSSR count). The lowest BCUT2D eigenvalue weighted by atomic mass is 10.1.